The summed E-state index contributed by atoms with van der Waals surface area (Å²) in [5, 5.41) is 8.33. The zero-order valence-electron chi connectivity index (χ0n) is 10.6. The Morgan fingerprint density at radius 2 is 1.82 bits per heavy atom. The molecule has 1 rings (SSSR count). The van der Waals surface area contributed by atoms with Crippen molar-refractivity contribution in [2.45, 2.75) is 63.5 Å². The fraction of sp³-hybridized carbons (Fsp3) is 0.917. The summed E-state index contributed by atoms with van der Waals surface area (Å²) >= 11 is 0. The number of carboxylic acid groups (broad SMARTS) is 1. The summed E-state index contributed by atoms with van der Waals surface area (Å²) in [4.78, 5) is 10.1. The van der Waals surface area contributed by atoms with Crippen molar-refractivity contribution < 1.29 is 9.90 Å². The van der Waals surface area contributed by atoms with E-state index in [1.165, 1.54) is 32.1 Å². The van der Waals surface area contributed by atoms with Crippen molar-refractivity contribution in [1.82, 2.24) is 0 Å². The fourth-order valence-corrected chi connectivity index (χ4v) is 1.77. The third-order valence-corrected chi connectivity index (χ3v) is 2.94. The maximum atomic E-state index is 10.1. The molecule has 0 unspecified atom stereocenters. The quantitative estimate of drug-likeness (QED) is 0.535. The Balaban J connectivity index is 0.000000318. The molecule has 0 aromatic rings. The highest BCUT2D eigenvalue weighted by Gasteiger charge is 2.09. The third kappa shape index (κ3) is 10.2. The van der Waals surface area contributed by atoms with E-state index >= 15 is 0 Å². The molecule has 5 heteroatoms. The van der Waals surface area contributed by atoms with Gasteiger partial charge in [-0.2, -0.15) is 0 Å². The van der Waals surface area contributed by atoms with E-state index in [2.05, 4.69) is 0 Å². The molecule has 0 bridgehead atoms. The van der Waals surface area contributed by atoms with E-state index in [0.29, 0.717) is 19.0 Å². The maximum absolute atomic E-state index is 10.1. The van der Waals surface area contributed by atoms with Crippen LogP contribution in [0, 0.1) is 0 Å². The molecule has 7 N–H and O–H groups in total. The summed E-state index contributed by atoms with van der Waals surface area (Å²) < 4.78 is 0. The van der Waals surface area contributed by atoms with E-state index in [0.717, 1.165) is 12.8 Å². The summed E-state index contributed by atoms with van der Waals surface area (Å²) in [6.45, 7) is 0.604. The van der Waals surface area contributed by atoms with Crippen LogP contribution in [-0.4, -0.2) is 29.7 Å². The highest BCUT2D eigenvalue weighted by molar-refractivity contribution is 5.72. The van der Waals surface area contributed by atoms with Crippen LogP contribution in [-0.2, 0) is 4.79 Å². The zero-order chi connectivity index (χ0) is 13.1. The average Bonchev–Trinajstić information content (AvgIpc) is 2.31. The highest BCUT2D eigenvalue weighted by Crippen LogP contribution is 2.14. The molecule has 0 aromatic heterocycles. The second-order valence-electron chi connectivity index (χ2n) is 4.63. The minimum absolute atomic E-state index is 0.520. The van der Waals surface area contributed by atoms with Crippen LogP contribution in [0.4, 0.5) is 0 Å². The minimum Gasteiger partial charge on any atom is -0.480 e. The van der Waals surface area contributed by atoms with Crippen LogP contribution < -0.4 is 17.2 Å². The Morgan fingerprint density at radius 3 is 2.18 bits per heavy atom. The van der Waals surface area contributed by atoms with Gasteiger partial charge in [0.05, 0.1) is 0 Å². The van der Waals surface area contributed by atoms with E-state index in [-0.39, 0.29) is 0 Å². The molecule has 102 valence electrons. The molecule has 1 atom stereocenters. The summed E-state index contributed by atoms with van der Waals surface area (Å²) in [7, 11) is 0. The number of hydrogen-bond donors (Lipinski definition) is 4. The number of rotatable bonds is 5. The molecule has 1 fully saturated rings. The van der Waals surface area contributed by atoms with Gasteiger partial charge in [-0.3, -0.25) is 4.79 Å². The van der Waals surface area contributed by atoms with Gasteiger partial charge >= 0.3 is 5.97 Å². The van der Waals surface area contributed by atoms with E-state index in [9.17, 15) is 4.79 Å². The first-order valence-corrected chi connectivity index (χ1v) is 6.52. The second kappa shape index (κ2) is 10.5. The largest absolute Gasteiger partial charge is 0.480 e. The van der Waals surface area contributed by atoms with Crippen LogP contribution in [0.2, 0.25) is 0 Å². The van der Waals surface area contributed by atoms with Gasteiger partial charge in [-0.25, -0.2) is 0 Å². The molecule has 1 saturated carbocycles. The van der Waals surface area contributed by atoms with Gasteiger partial charge < -0.3 is 22.3 Å². The summed E-state index contributed by atoms with van der Waals surface area (Å²) in [6, 6.07) is -0.180. The van der Waals surface area contributed by atoms with Gasteiger partial charge in [0.1, 0.15) is 6.04 Å². The van der Waals surface area contributed by atoms with Crippen molar-refractivity contribution in [1.29, 1.82) is 0 Å². The molecule has 1 aliphatic rings. The van der Waals surface area contributed by atoms with Crippen molar-refractivity contribution in [2.24, 2.45) is 17.2 Å². The number of hydrogen-bond acceptors (Lipinski definition) is 4. The molecule has 0 radical (unpaired) electrons. The van der Waals surface area contributed by atoms with E-state index < -0.39 is 12.0 Å². The molecule has 0 amide bonds. The molecule has 0 heterocycles. The van der Waals surface area contributed by atoms with Crippen LogP contribution in [0.5, 0.6) is 0 Å². The van der Waals surface area contributed by atoms with Crippen LogP contribution in [0.15, 0.2) is 0 Å². The zero-order valence-corrected chi connectivity index (χ0v) is 10.6. The normalized spacial score (nSPS) is 18.1. The Labute approximate surface area is 104 Å². The summed E-state index contributed by atoms with van der Waals surface area (Å²) in [5.74, 6) is -0.933. The molecule has 17 heavy (non-hydrogen) atoms. The molecule has 0 spiro atoms. The van der Waals surface area contributed by atoms with Gasteiger partial charge in [0.2, 0.25) is 0 Å². The van der Waals surface area contributed by atoms with E-state index in [4.69, 9.17) is 22.3 Å². The van der Waals surface area contributed by atoms with Crippen molar-refractivity contribution in [2.75, 3.05) is 6.54 Å². The fourth-order valence-electron chi connectivity index (χ4n) is 1.77. The second-order valence-corrected chi connectivity index (χ2v) is 4.63. The minimum atomic E-state index is -0.933. The van der Waals surface area contributed by atoms with Gasteiger partial charge in [-0.15, -0.1) is 0 Å². The van der Waals surface area contributed by atoms with Crippen LogP contribution >= 0.6 is 0 Å². The standard InChI is InChI=1S/C6H14N2O2.C6H13N/c7-4-2-1-3-5(8)6(9)10;7-6-4-2-1-3-5-6/h5H,1-4,7-8H2,(H,9,10);6H,1-5,7H2/t5-;/m0./s1. The first kappa shape index (κ1) is 16.4. The van der Waals surface area contributed by atoms with E-state index in [1.807, 2.05) is 0 Å². The van der Waals surface area contributed by atoms with Crippen molar-refractivity contribution in [3.05, 3.63) is 0 Å². The van der Waals surface area contributed by atoms with Gasteiger partial charge in [-0.1, -0.05) is 25.7 Å². The molecule has 0 aromatic carbocycles. The topological polar surface area (TPSA) is 115 Å². The lowest BCUT2D eigenvalue weighted by Gasteiger charge is -2.15. The van der Waals surface area contributed by atoms with Crippen molar-refractivity contribution in [3.8, 4) is 0 Å². The lowest BCUT2D eigenvalue weighted by atomic mass is 9.97. The van der Waals surface area contributed by atoms with Crippen LogP contribution in [0.1, 0.15) is 51.4 Å². The lowest BCUT2D eigenvalue weighted by Crippen LogP contribution is -2.29. The van der Waals surface area contributed by atoms with Gasteiger partial charge in [0, 0.05) is 6.04 Å². The Morgan fingerprint density at radius 1 is 1.24 bits per heavy atom. The number of aliphatic carboxylic acids is 1. The number of unbranched alkanes of at least 4 members (excludes halogenated alkanes) is 1. The van der Waals surface area contributed by atoms with E-state index in [1.54, 1.807) is 0 Å². The average molecular weight is 245 g/mol. The van der Waals surface area contributed by atoms with Crippen molar-refractivity contribution in [3.63, 3.8) is 0 Å². The third-order valence-electron chi connectivity index (χ3n) is 2.94. The lowest BCUT2D eigenvalue weighted by molar-refractivity contribution is -0.138. The van der Waals surface area contributed by atoms with Gasteiger partial charge in [0.25, 0.3) is 0 Å². The predicted octanol–water partition coefficient (Wildman–Crippen LogP) is 0.805. The maximum Gasteiger partial charge on any atom is 0.320 e. The molecule has 5 nitrogen and oxygen atoms in total. The first-order valence-electron chi connectivity index (χ1n) is 6.52. The van der Waals surface area contributed by atoms with Gasteiger partial charge in [-0.05, 0) is 32.2 Å². The first-order chi connectivity index (χ1) is 8.07. The predicted molar refractivity (Wildman–Crippen MR) is 69.6 cm³/mol. The smallest absolute Gasteiger partial charge is 0.320 e. The molecule has 1 aliphatic carbocycles. The Bertz CT molecular complexity index is 194. The molecule has 0 saturated heterocycles. The Kier molecular flexibility index (Phi) is 10.1. The number of nitrogens with two attached hydrogens (primary N) is 3. The Hall–Kier alpha value is -0.650. The van der Waals surface area contributed by atoms with Crippen molar-refractivity contribution >= 4 is 5.97 Å². The molecular weight excluding hydrogens is 218 g/mol. The van der Waals surface area contributed by atoms with Gasteiger partial charge in [0.15, 0.2) is 0 Å². The number of carbonyl (C=O) groups is 1. The number of carboxylic acids is 1. The molecular formula is C12H27N3O2. The van der Waals surface area contributed by atoms with Crippen LogP contribution in [0.25, 0.3) is 0 Å². The monoisotopic (exact) mass is 245 g/mol. The summed E-state index contributed by atoms with van der Waals surface area (Å²) in [6.07, 6.45) is 8.83. The highest BCUT2D eigenvalue weighted by atomic mass is 16.4. The molecule has 0 aliphatic heterocycles. The van der Waals surface area contributed by atoms with Crippen LogP contribution in [0.3, 0.4) is 0 Å². The summed E-state index contributed by atoms with van der Waals surface area (Å²) in [5.41, 5.74) is 16.1. The SMILES string of the molecule is NC1CCCCC1.NCCCC[C@H](N)C(=O)O.